The lowest BCUT2D eigenvalue weighted by molar-refractivity contribution is -0.112. The average Bonchev–Trinajstić information content (AvgIpc) is 3.22. The number of furan rings is 1. The minimum absolute atomic E-state index is 0.0484. The number of rotatable bonds is 3. The van der Waals surface area contributed by atoms with E-state index in [1.165, 1.54) is 11.3 Å². The Labute approximate surface area is 153 Å². The van der Waals surface area contributed by atoms with Gasteiger partial charge in [-0.1, -0.05) is 15.9 Å². The van der Waals surface area contributed by atoms with Gasteiger partial charge in [0.1, 0.15) is 10.6 Å². The number of amides is 1. The average molecular weight is 421 g/mol. The van der Waals surface area contributed by atoms with E-state index in [4.69, 9.17) is 16.6 Å². The molecule has 1 aliphatic heterocycles. The number of halogens is 1. The van der Waals surface area contributed by atoms with Gasteiger partial charge in [-0.05, 0) is 42.5 Å². The van der Waals surface area contributed by atoms with Crippen molar-refractivity contribution in [3.63, 3.8) is 0 Å². The summed E-state index contributed by atoms with van der Waals surface area (Å²) in [7, 11) is 0. The normalized spacial score (nSPS) is 13.2. The molecular weight excluding hydrogens is 412 g/mol. The maximum absolute atomic E-state index is 12.3. The van der Waals surface area contributed by atoms with E-state index in [-0.39, 0.29) is 11.8 Å². The molecule has 0 bridgehead atoms. The SMILES string of the molecule is O=C1N=c2ccc(Br)cc2=C1c1sc(=S)n(Cc2ccco2)c1O. The van der Waals surface area contributed by atoms with Crippen LogP contribution in [0.3, 0.4) is 0 Å². The molecule has 4 rings (SSSR count). The van der Waals surface area contributed by atoms with Crippen LogP contribution >= 0.6 is 39.5 Å². The molecule has 0 radical (unpaired) electrons. The molecule has 1 amide bonds. The molecule has 8 heteroatoms. The molecule has 0 saturated carbocycles. The summed E-state index contributed by atoms with van der Waals surface area (Å²) in [5.74, 6) is 0.244. The molecule has 0 fully saturated rings. The fourth-order valence-corrected chi connectivity index (χ4v) is 4.26. The second kappa shape index (κ2) is 5.80. The molecule has 5 nitrogen and oxygen atoms in total. The lowest BCUT2D eigenvalue weighted by Crippen LogP contribution is -2.22. The maximum atomic E-state index is 12.3. The number of fused-ring (bicyclic) bond motifs is 1. The maximum Gasteiger partial charge on any atom is 0.279 e. The van der Waals surface area contributed by atoms with Crippen molar-refractivity contribution in [1.82, 2.24) is 4.57 Å². The molecule has 1 aliphatic rings. The van der Waals surface area contributed by atoms with Crippen molar-refractivity contribution < 1.29 is 14.3 Å². The Morgan fingerprint density at radius 1 is 1.38 bits per heavy atom. The van der Waals surface area contributed by atoms with Crippen LogP contribution in [0.2, 0.25) is 0 Å². The summed E-state index contributed by atoms with van der Waals surface area (Å²) >= 11 is 9.93. The van der Waals surface area contributed by atoms with Gasteiger partial charge in [0.15, 0.2) is 3.95 Å². The molecule has 0 spiro atoms. The molecule has 24 heavy (non-hydrogen) atoms. The zero-order valence-corrected chi connectivity index (χ0v) is 15.2. The largest absolute Gasteiger partial charge is 0.493 e. The topological polar surface area (TPSA) is 67.7 Å². The van der Waals surface area contributed by atoms with Gasteiger partial charge in [0.2, 0.25) is 5.88 Å². The van der Waals surface area contributed by atoms with Crippen LogP contribution in [0.15, 0.2) is 50.5 Å². The summed E-state index contributed by atoms with van der Waals surface area (Å²) in [5.41, 5.74) is 0.373. The van der Waals surface area contributed by atoms with E-state index in [0.29, 0.717) is 37.3 Å². The second-order valence-corrected chi connectivity index (χ2v) is 7.70. The molecule has 0 atom stereocenters. The summed E-state index contributed by atoms with van der Waals surface area (Å²) in [6.45, 7) is 0.304. The first kappa shape index (κ1) is 15.5. The van der Waals surface area contributed by atoms with Crippen LogP contribution in [0.4, 0.5) is 0 Å². The number of benzene rings is 1. The molecular formula is C16H9BrN2O3S2. The third-order valence-corrected chi connectivity index (χ3v) is 5.60. The third kappa shape index (κ3) is 2.47. The molecule has 2 aromatic heterocycles. The Bertz CT molecular complexity index is 1140. The Morgan fingerprint density at radius 2 is 2.21 bits per heavy atom. The van der Waals surface area contributed by atoms with Crippen LogP contribution in [0.25, 0.3) is 5.57 Å². The van der Waals surface area contributed by atoms with E-state index >= 15 is 0 Å². The van der Waals surface area contributed by atoms with Crippen molar-refractivity contribution in [2.24, 2.45) is 4.99 Å². The summed E-state index contributed by atoms with van der Waals surface area (Å²) in [6, 6.07) is 8.97. The highest BCUT2D eigenvalue weighted by molar-refractivity contribution is 9.10. The summed E-state index contributed by atoms with van der Waals surface area (Å²) in [4.78, 5) is 16.8. The quantitative estimate of drug-likeness (QED) is 0.661. The number of aromatic nitrogens is 1. The highest BCUT2D eigenvalue weighted by atomic mass is 79.9. The molecule has 1 N–H and O–H groups in total. The molecule has 120 valence electrons. The van der Waals surface area contributed by atoms with Crippen molar-refractivity contribution in [2.75, 3.05) is 0 Å². The molecule has 1 aromatic carbocycles. The van der Waals surface area contributed by atoms with Crippen molar-refractivity contribution in [3.05, 3.63) is 66.2 Å². The van der Waals surface area contributed by atoms with Crippen LogP contribution in [0, 0.1) is 3.95 Å². The van der Waals surface area contributed by atoms with Gasteiger partial charge in [0, 0.05) is 9.69 Å². The zero-order chi connectivity index (χ0) is 16.8. The Morgan fingerprint density at radius 3 is 2.96 bits per heavy atom. The Kier molecular flexibility index (Phi) is 3.75. The van der Waals surface area contributed by atoms with Crippen LogP contribution in [0.5, 0.6) is 5.88 Å². The Hall–Kier alpha value is -2.03. The van der Waals surface area contributed by atoms with Gasteiger partial charge in [-0.25, -0.2) is 4.99 Å². The van der Waals surface area contributed by atoms with Crippen molar-refractivity contribution in [1.29, 1.82) is 0 Å². The fourth-order valence-electron chi connectivity index (χ4n) is 2.56. The smallest absolute Gasteiger partial charge is 0.279 e. The molecule has 0 saturated heterocycles. The van der Waals surface area contributed by atoms with E-state index in [2.05, 4.69) is 20.9 Å². The van der Waals surface area contributed by atoms with Crippen molar-refractivity contribution in [2.45, 2.75) is 6.54 Å². The molecule has 3 aromatic rings. The first-order chi connectivity index (χ1) is 11.5. The van der Waals surface area contributed by atoms with E-state index in [0.717, 1.165) is 4.47 Å². The standard InChI is InChI=1S/C16H9BrN2O3S2/c17-8-3-4-11-10(6-8)12(14(20)18-11)13-15(21)19(16(23)24-13)7-9-2-1-5-22-9/h1-6,21H,7H2. The highest BCUT2D eigenvalue weighted by Gasteiger charge is 2.25. The predicted molar refractivity (Wildman–Crippen MR) is 95.1 cm³/mol. The molecule has 3 heterocycles. The fraction of sp³-hybridized carbons (Fsp3) is 0.0625. The predicted octanol–water partition coefficient (Wildman–Crippen LogP) is 2.75. The third-order valence-electron chi connectivity index (χ3n) is 3.65. The number of hydrogen-bond donors (Lipinski definition) is 1. The number of carbonyl (C=O) groups excluding carboxylic acids is 1. The number of aromatic hydroxyl groups is 1. The van der Waals surface area contributed by atoms with Crippen LogP contribution in [-0.2, 0) is 11.3 Å². The van der Waals surface area contributed by atoms with Gasteiger partial charge in [-0.15, -0.1) is 11.3 Å². The summed E-state index contributed by atoms with van der Waals surface area (Å²) < 4.78 is 8.15. The van der Waals surface area contributed by atoms with Crippen molar-refractivity contribution in [3.8, 4) is 5.88 Å². The van der Waals surface area contributed by atoms with E-state index in [1.807, 2.05) is 12.1 Å². The lowest BCUT2D eigenvalue weighted by atomic mass is 10.1. The monoisotopic (exact) mass is 420 g/mol. The lowest BCUT2D eigenvalue weighted by Gasteiger charge is -2.03. The van der Waals surface area contributed by atoms with E-state index in [1.54, 1.807) is 29.0 Å². The van der Waals surface area contributed by atoms with E-state index < -0.39 is 0 Å². The Balaban J connectivity index is 1.93. The zero-order valence-electron chi connectivity index (χ0n) is 12.0. The van der Waals surface area contributed by atoms with Gasteiger partial charge in [0.25, 0.3) is 5.91 Å². The molecule has 0 unspecified atom stereocenters. The van der Waals surface area contributed by atoms with E-state index in [9.17, 15) is 9.90 Å². The summed E-state index contributed by atoms with van der Waals surface area (Å²) in [6.07, 6.45) is 1.56. The minimum Gasteiger partial charge on any atom is -0.493 e. The number of carbonyl (C=O) groups is 1. The van der Waals surface area contributed by atoms with Gasteiger partial charge < -0.3 is 9.52 Å². The summed E-state index contributed by atoms with van der Waals surface area (Å²) in [5, 5.41) is 11.9. The minimum atomic E-state index is -0.375. The van der Waals surface area contributed by atoms with Gasteiger partial charge in [-0.3, -0.25) is 9.36 Å². The van der Waals surface area contributed by atoms with Gasteiger partial charge >= 0.3 is 0 Å². The second-order valence-electron chi connectivity index (χ2n) is 5.14. The first-order valence-corrected chi connectivity index (χ1v) is 8.94. The number of hydrogen-bond acceptors (Lipinski definition) is 5. The first-order valence-electron chi connectivity index (χ1n) is 6.93. The van der Waals surface area contributed by atoms with Crippen LogP contribution < -0.4 is 10.6 Å². The van der Waals surface area contributed by atoms with Crippen molar-refractivity contribution >= 4 is 51.0 Å². The molecule has 0 aliphatic carbocycles. The number of thiazole rings is 1. The number of nitrogens with zero attached hydrogens (tertiary/aromatic N) is 2. The highest BCUT2D eigenvalue weighted by Crippen LogP contribution is 2.33. The van der Waals surface area contributed by atoms with Gasteiger partial charge in [-0.2, -0.15) is 0 Å². The van der Waals surface area contributed by atoms with Gasteiger partial charge in [0.05, 0.1) is 23.7 Å². The van der Waals surface area contributed by atoms with Crippen LogP contribution in [0.1, 0.15) is 10.6 Å². The van der Waals surface area contributed by atoms with Crippen LogP contribution in [-0.4, -0.2) is 15.6 Å².